The first kappa shape index (κ1) is 16.8. The molecule has 0 radical (unpaired) electrons. The van der Waals surface area contributed by atoms with E-state index in [9.17, 15) is 4.79 Å². The van der Waals surface area contributed by atoms with E-state index >= 15 is 0 Å². The first-order valence-corrected chi connectivity index (χ1v) is 8.99. The minimum Gasteiger partial charge on any atom is -0.352 e. The Morgan fingerprint density at radius 3 is 2.48 bits per heavy atom. The number of hydrogen-bond donors (Lipinski definition) is 2. The molecule has 2 rings (SSSR count). The SMILES string of the molecule is CCC1CN(CC(=O)NC2CCCCCC2)C(CC)CN1. The fourth-order valence-corrected chi connectivity index (χ4v) is 3.68. The van der Waals surface area contributed by atoms with Crippen LogP contribution in [0.2, 0.25) is 0 Å². The van der Waals surface area contributed by atoms with Crippen molar-refractivity contribution >= 4 is 5.91 Å². The molecule has 0 bridgehead atoms. The smallest absolute Gasteiger partial charge is 0.234 e. The second-order valence-corrected chi connectivity index (χ2v) is 6.76. The maximum atomic E-state index is 12.4. The molecular weight excluding hydrogens is 262 g/mol. The minimum absolute atomic E-state index is 0.233. The number of rotatable bonds is 5. The van der Waals surface area contributed by atoms with Gasteiger partial charge in [-0.2, -0.15) is 0 Å². The first-order valence-electron chi connectivity index (χ1n) is 8.99. The molecule has 1 aliphatic carbocycles. The van der Waals surface area contributed by atoms with Gasteiger partial charge in [-0.1, -0.05) is 39.5 Å². The molecule has 2 unspecified atom stereocenters. The van der Waals surface area contributed by atoms with E-state index in [1.807, 2.05) is 0 Å². The second-order valence-electron chi connectivity index (χ2n) is 6.76. The van der Waals surface area contributed by atoms with Crippen molar-refractivity contribution in [1.82, 2.24) is 15.5 Å². The normalized spacial score (nSPS) is 29.0. The third kappa shape index (κ3) is 5.26. The number of carbonyl (C=O) groups excluding carboxylic acids is 1. The van der Waals surface area contributed by atoms with Gasteiger partial charge in [0.25, 0.3) is 0 Å². The Morgan fingerprint density at radius 2 is 1.86 bits per heavy atom. The average molecular weight is 295 g/mol. The molecule has 1 heterocycles. The number of carbonyl (C=O) groups is 1. The molecule has 0 aromatic heterocycles. The molecule has 2 atom stereocenters. The lowest BCUT2D eigenvalue weighted by Crippen LogP contribution is -2.58. The number of amides is 1. The van der Waals surface area contributed by atoms with Crippen LogP contribution in [0.3, 0.4) is 0 Å². The summed E-state index contributed by atoms with van der Waals surface area (Å²) in [6.07, 6.45) is 9.80. The van der Waals surface area contributed by atoms with Crippen LogP contribution in [-0.2, 0) is 4.79 Å². The lowest BCUT2D eigenvalue weighted by molar-refractivity contribution is -0.124. The topological polar surface area (TPSA) is 44.4 Å². The Kier molecular flexibility index (Phi) is 6.97. The zero-order chi connectivity index (χ0) is 15.1. The Labute approximate surface area is 130 Å². The Hall–Kier alpha value is -0.610. The third-order valence-corrected chi connectivity index (χ3v) is 5.14. The second kappa shape index (κ2) is 8.74. The summed E-state index contributed by atoms with van der Waals surface area (Å²) in [4.78, 5) is 14.8. The van der Waals surface area contributed by atoms with E-state index in [0.29, 0.717) is 24.7 Å². The fourth-order valence-electron chi connectivity index (χ4n) is 3.68. The van der Waals surface area contributed by atoms with Crippen LogP contribution in [0.1, 0.15) is 65.2 Å². The van der Waals surface area contributed by atoms with Crippen LogP contribution in [0.4, 0.5) is 0 Å². The lowest BCUT2D eigenvalue weighted by atomic mass is 10.0. The van der Waals surface area contributed by atoms with E-state index in [1.54, 1.807) is 0 Å². The quantitative estimate of drug-likeness (QED) is 0.765. The summed E-state index contributed by atoms with van der Waals surface area (Å²) in [5.74, 6) is 0.233. The van der Waals surface area contributed by atoms with Crippen LogP contribution < -0.4 is 10.6 Å². The number of nitrogens with zero attached hydrogens (tertiary/aromatic N) is 1. The molecule has 122 valence electrons. The molecule has 2 aliphatic rings. The van der Waals surface area contributed by atoms with Gasteiger partial charge in [0.1, 0.15) is 0 Å². The molecule has 4 nitrogen and oxygen atoms in total. The van der Waals surface area contributed by atoms with Gasteiger partial charge in [-0.25, -0.2) is 0 Å². The minimum atomic E-state index is 0.233. The van der Waals surface area contributed by atoms with Crippen LogP contribution in [0, 0.1) is 0 Å². The summed E-state index contributed by atoms with van der Waals surface area (Å²) < 4.78 is 0. The molecule has 2 N–H and O–H groups in total. The van der Waals surface area contributed by atoms with Crippen molar-refractivity contribution in [3.8, 4) is 0 Å². The van der Waals surface area contributed by atoms with Gasteiger partial charge in [-0.3, -0.25) is 9.69 Å². The summed E-state index contributed by atoms with van der Waals surface area (Å²) in [7, 11) is 0. The summed E-state index contributed by atoms with van der Waals surface area (Å²) in [6.45, 7) is 7.04. The lowest BCUT2D eigenvalue weighted by Gasteiger charge is -2.39. The Balaban J connectivity index is 1.81. The van der Waals surface area contributed by atoms with Crippen molar-refractivity contribution in [2.24, 2.45) is 0 Å². The Morgan fingerprint density at radius 1 is 1.14 bits per heavy atom. The van der Waals surface area contributed by atoms with Crippen LogP contribution in [0.15, 0.2) is 0 Å². The van der Waals surface area contributed by atoms with Crippen molar-refractivity contribution in [2.45, 2.75) is 83.3 Å². The highest BCUT2D eigenvalue weighted by Crippen LogP contribution is 2.17. The maximum absolute atomic E-state index is 12.4. The number of nitrogens with one attached hydrogen (secondary N) is 2. The molecule has 0 aromatic carbocycles. The van der Waals surface area contributed by atoms with Gasteiger partial charge in [0.2, 0.25) is 5.91 Å². The van der Waals surface area contributed by atoms with E-state index in [1.165, 1.54) is 38.5 Å². The van der Waals surface area contributed by atoms with Crippen molar-refractivity contribution in [2.75, 3.05) is 19.6 Å². The molecule has 1 saturated heterocycles. The van der Waals surface area contributed by atoms with Gasteiger partial charge in [0.05, 0.1) is 6.54 Å². The van der Waals surface area contributed by atoms with Crippen molar-refractivity contribution in [1.29, 1.82) is 0 Å². The summed E-state index contributed by atoms with van der Waals surface area (Å²) >= 11 is 0. The van der Waals surface area contributed by atoms with Gasteiger partial charge in [-0.15, -0.1) is 0 Å². The van der Waals surface area contributed by atoms with Gasteiger partial charge in [0, 0.05) is 31.2 Å². The number of hydrogen-bond acceptors (Lipinski definition) is 3. The van der Waals surface area contributed by atoms with Crippen LogP contribution in [-0.4, -0.2) is 48.6 Å². The molecular formula is C17H33N3O. The molecule has 1 amide bonds. The highest BCUT2D eigenvalue weighted by atomic mass is 16.2. The number of piperazine rings is 1. The summed E-state index contributed by atoms with van der Waals surface area (Å²) in [5, 5.41) is 6.87. The average Bonchev–Trinajstić information content (AvgIpc) is 2.75. The standard InChI is InChI=1S/C17H33N3O/c1-3-14-12-20(16(4-2)11-18-14)13-17(21)19-15-9-7-5-6-8-10-15/h14-16,18H,3-13H2,1-2H3,(H,19,21). The molecule has 0 spiro atoms. The van der Waals surface area contributed by atoms with Crippen LogP contribution in [0.25, 0.3) is 0 Å². The maximum Gasteiger partial charge on any atom is 0.234 e. The van der Waals surface area contributed by atoms with E-state index in [0.717, 1.165) is 25.9 Å². The zero-order valence-electron chi connectivity index (χ0n) is 13.9. The van der Waals surface area contributed by atoms with E-state index in [2.05, 4.69) is 29.4 Å². The highest BCUT2D eigenvalue weighted by molar-refractivity contribution is 5.78. The van der Waals surface area contributed by atoms with Crippen LogP contribution >= 0.6 is 0 Å². The monoisotopic (exact) mass is 295 g/mol. The molecule has 2 fully saturated rings. The molecule has 21 heavy (non-hydrogen) atoms. The van der Waals surface area contributed by atoms with E-state index in [4.69, 9.17) is 0 Å². The van der Waals surface area contributed by atoms with E-state index < -0.39 is 0 Å². The zero-order valence-corrected chi connectivity index (χ0v) is 13.9. The van der Waals surface area contributed by atoms with Gasteiger partial charge in [-0.05, 0) is 25.7 Å². The third-order valence-electron chi connectivity index (χ3n) is 5.14. The van der Waals surface area contributed by atoms with Crippen molar-refractivity contribution in [3.63, 3.8) is 0 Å². The molecule has 0 aromatic rings. The van der Waals surface area contributed by atoms with Crippen LogP contribution in [0.5, 0.6) is 0 Å². The van der Waals surface area contributed by atoms with Gasteiger partial charge >= 0.3 is 0 Å². The highest BCUT2D eigenvalue weighted by Gasteiger charge is 2.27. The largest absolute Gasteiger partial charge is 0.352 e. The molecule has 4 heteroatoms. The van der Waals surface area contributed by atoms with E-state index in [-0.39, 0.29) is 5.91 Å². The summed E-state index contributed by atoms with van der Waals surface area (Å²) in [6, 6.07) is 1.47. The van der Waals surface area contributed by atoms with Gasteiger partial charge < -0.3 is 10.6 Å². The fraction of sp³-hybridized carbons (Fsp3) is 0.941. The predicted molar refractivity (Wildman–Crippen MR) is 87.4 cm³/mol. The van der Waals surface area contributed by atoms with Crippen molar-refractivity contribution < 1.29 is 4.79 Å². The molecule has 1 saturated carbocycles. The first-order chi connectivity index (χ1) is 10.2. The summed E-state index contributed by atoms with van der Waals surface area (Å²) in [5.41, 5.74) is 0. The molecule has 1 aliphatic heterocycles. The Bertz CT molecular complexity index is 313. The van der Waals surface area contributed by atoms with Crippen molar-refractivity contribution in [3.05, 3.63) is 0 Å². The predicted octanol–water partition coefficient (Wildman–Crippen LogP) is 2.29. The van der Waals surface area contributed by atoms with Gasteiger partial charge in [0.15, 0.2) is 0 Å².